The molecule has 2 aromatic carbocycles. The van der Waals surface area contributed by atoms with Crippen molar-refractivity contribution in [3.63, 3.8) is 0 Å². The van der Waals surface area contributed by atoms with Gasteiger partial charge in [0.15, 0.2) is 5.82 Å². The lowest BCUT2D eigenvalue weighted by Gasteiger charge is -2.22. The van der Waals surface area contributed by atoms with Gasteiger partial charge in [0.2, 0.25) is 0 Å². The Kier molecular flexibility index (Phi) is 4.85. The number of hydrogen-bond acceptors (Lipinski definition) is 5. The number of ether oxygens (including phenoxy) is 2. The molecule has 28 heavy (non-hydrogen) atoms. The Morgan fingerprint density at radius 2 is 1.57 bits per heavy atom. The molecule has 0 radical (unpaired) electrons. The first-order valence-corrected chi connectivity index (χ1v) is 9.03. The van der Waals surface area contributed by atoms with Gasteiger partial charge in [-0.25, -0.2) is 9.50 Å². The number of nitrogens with one attached hydrogen (secondary N) is 1. The molecular weight excluding hydrogens is 352 g/mol. The first kappa shape index (κ1) is 17.9. The topological polar surface area (TPSA) is 60.7 Å². The van der Waals surface area contributed by atoms with Crippen LogP contribution in [0.5, 0.6) is 11.5 Å². The summed E-state index contributed by atoms with van der Waals surface area (Å²) >= 11 is 0. The van der Waals surface area contributed by atoms with Crippen molar-refractivity contribution in [1.29, 1.82) is 0 Å². The van der Waals surface area contributed by atoms with Crippen LogP contribution in [0, 0.1) is 6.92 Å². The van der Waals surface area contributed by atoms with E-state index in [-0.39, 0.29) is 6.04 Å². The number of fused-ring (bicyclic) bond motifs is 1. The predicted molar refractivity (Wildman–Crippen MR) is 109 cm³/mol. The first-order valence-electron chi connectivity index (χ1n) is 9.03. The largest absolute Gasteiger partial charge is 0.497 e. The molecule has 0 amide bonds. The highest BCUT2D eigenvalue weighted by Crippen LogP contribution is 2.31. The molecule has 0 bridgehead atoms. The summed E-state index contributed by atoms with van der Waals surface area (Å²) in [6.07, 6.45) is 3.59. The number of methoxy groups -OCH3 is 2. The second kappa shape index (κ2) is 7.60. The molecule has 0 fully saturated rings. The molecule has 0 saturated heterocycles. The molecule has 4 aromatic rings. The molecular formula is C22H22N4O2. The van der Waals surface area contributed by atoms with E-state index in [9.17, 15) is 0 Å². The van der Waals surface area contributed by atoms with E-state index in [1.807, 2.05) is 60.1 Å². The van der Waals surface area contributed by atoms with Crippen LogP contribution in [0.15, 0.2) is 67.0 Å². The van der Waals surface area contributed by atoms with Crippen molar-refractivity contribution in [3.05, 3.63) is 83.8 Å². The van der Waals surface area contributed by atoms with Crippen LogP contribution in [0.2, 0.25) is 0 Å². The third-order valence-corrected chi connectivity index (χ3v) is 4.65. The Morgan fingerprint density at radius 1 is 0.929 bits per heavy atom. The van der Waals surface area contributed by atoms with Crippen LogP contribution in [0.25, 0.3) is 5.52 Å². The second-order valence-electron chi connectivity index (χ2n) is 6.52. The van der Waals surface area contributed by atoms with Crippen molar-refractivity contribution in [1.82, 2.24) is 14.6 Å². The fraction of sp³-hybridized carbons (Fsp3) is 0.182. The lowest BCUT2D eigenvalue weighted by atomic mass is 9.98. The molecule has 2 aromatic heterocycles. The van der Waals surface area contributed by atoms with E-state index in [2.05, 4.69) is 27.5 Å². The lowest BCUT2D eigenvalue weighted by Crippen LogP contribution is -2.14. The van der Waals surface area contributed by atoms with Gasteiger partial charge in [0, 0.05) is 12.4 Å². The number of aryl methyl sites for hydroxylation is 1. The van der Waals surface area contributed by atoms with E-state index in [0.29, 0.717) is 0 Å². The van der Waals surface area contributed by atoms with E-state index in [0.717, 1.165) is 39.7 Å². The summed E-state index contributed by atoms with van der Waals surface area (Å²) in [5, 5.41) is 8.07. The molecule has 4 rings (SSSR count). The molecule has 0 spiro atoms. The average Bonchev–Trinajstić information content (AvgIpc) is 3.13. The molecule has 0 saturated carbocycles. The molecule has 1 N–H and O–H groups in total. The maximum absolute atomic E-state index is 5.43. The SMILES string of the molecule is COc1cccc(C(Nc2nccn3nc(C)cc23)c2cccc(OC)c2)c1. The van der Waals surface area contributed by atoms with Gasteiger partial charge in [-0.15, -0.1) is 0 Å². The Hall–Kier alpha value is -3.54. The number of aromatic nitrogens is 3. The van der Waals surface area contributed by atoms with Crippen LogP contribution in [0.4, 0.5) is 5.82 Å². The van der Waals surface area contributed by atoms with Gasteiger partial charge in [-0.1, -0.05) is 24.3 Å². The normalized spacial score (nSPS) is 11.0. The summed E-state index contributed by atoms with van der Waals surface area (Å²) in [6.45, 7) is 1.97. The maximum Gasteiger partial charge on any atom is 0.152 e. The third kappa shape index (κ3) is 3.49. The van der Waals surface area contributed by atoms with E-state index in [1.165, 1.54) is 0 Å². The highest BCUT2D eigenvalue weighted by Gasteiger charge is 2.18. The van der Waals surface area contributed by atoms with Crippen molar-refractivity contribution < 1.29 is 9.47 Å². The fourth-order valence-electron chi connectivity index (χ4n) is 3.29. The minimum Gasteiger partial charge on any atom is -0.497 e. The zero-order valence-corrected chi connectivity index (χ0v) is 16.1. The van der Waals surface area contributed by atoms with E-state index < -0.39 is 0 Å². The third-order valence-electron chi connectivity index (χ3n) is 4.65. The standard InChI is InChI=1S/C22H22N4O2/c1-15-12-20-22(23-10-11-26(20)25-15)24-21(16-6-4-8-18(13-16)27-2)17-7-5-9-19(14-17)28-3/h4-14,21H,1-3H3,(H,23,24). The summed E-state index contributed by atoms with van der Waals surface area (Å²) in [5.74, 6) is 2.37. The van der Waals surface area contributed by atoms with E-state index in [4.69, 9.17) is 9.47 Å². The maximum atomic E-state index is 5.43. The van der Waals surface area contributed by atoms with Gasteiger partial charge < -0.3 is 14.8 Å². The summed E-state index contributed by atoms with van der Waals surface area (Å²) in [7, 11) is 3.34. The minimum atomic E-state index is -0.140. The fourth-order valence-corrected chi connectivity index (χ4v) is 3.29. The van der Waals surface area contributed by atoms with Crippen molar-refractivity contribution in [2.24, 2.45) is 0 Å². The Labute approximate surface area is 163 Å². The number of benzene rings is 2. The quantitative estimate of drug-likeness (QED) is 0.546. The molecule has 2 heterocycles. The number of hydrogen-bond donors (Lipinski definition) is 1. The molecule has 0 aliphatic heterocycles. The van der Waals surface area contributed by atoms with Gasteiger partial charge in [-0.2, -0.15) is 5.10 Å². The predicted octanol–water partition coefficient (Wildman–Crippen LogP) is 4.26. The molecule has 0 aliphatic carbocycles. The van der Waals surface area contributed by atoms with Crippen molar-refractivity contribution in [2.45, 2.75) is 13.0 Å². The zero-order valence-electron chi connectivity index (χ0n) is 16.1. The highest BCUT2D eigenvalue weighted by atomic mass is 16.5. The van der Waals surface area contributed by atoms with Crippen LogP contribution < -0.4 is 14.8 Å². The summed E-state index contributed by atoms with van der Waals surface area (Å²) < 4.78 is 12.7. The Morgan fingerprint density at radius 3 is 2.18 bits per heavy atom. The van der Waals surface area contributed by atoms with Gasteiger partial charge >= 0.3 is 0 Å². The lowest BCUT2D eigenvalue weighted by molar-refractivity contribution is 0.413. The molecule has 6 nitrogen and oxygen atoms in total. The monoisotopic (exact) mass is 374 g/mol. The van der Waals surface area contributed by atoms with Gasteiger partial charge in [0.25, 0.3) is 0 Å². The van der Waals surface area contributed by atoms with Gasteiger partial charge in [-0.3, -0.25) is 0 Å². The van der Waals surface area contributed by atoms with Crippen LogP contribution >= 0.6 is 0 Å². The van der Waals surface area contributed by atoms with E-state index >= 15 is 0 Å². The Balaban J connectivity index is 1.82. The molecule has 0 atom stereocenters. The van der Waals surface area contributed by atoms with Crippen molar-refractivity contribution >= 4 is 11.3 Å². The summed E-state index contributed by atoms with van der Waals surface area (Å²) in [6, 6.07) is 17.9. The number of rotatable bonds is 6. The number of nitrogens with zero attached hydrogens (tertiary/aromatic N) is 3. The highest BCUT2D eigenvalue weighted by molar-refractivity contribution is 5.69. The molecule has 0 unspecified atom stereocenters. The molecule has 0 aliphatic rings. The smallest absolute Gasteiger partial charge is 0.152 e. The number of anilines is 1. The van der Waals surface area contributed by atoms with Crippen molar-refractivity contribution in [3.8, 4) is 11.5 Å². The first-order chi connectivity index (χ1) is 13.7. The second-order valence-corrected chi connectivity index (χ2v) is 6.52. The molecule has 6 heteroatoms. The van der Waals surface area contributed by atoms with Crippen molar-refractivity contribution in [2.75, 3.05) is 19.5 Å². The van der Waals surface area contributed by atoms with Gasteiger partial charge in [0.1, 0.15) is 17.0 Å². The van der Waals surface area contributed by atoms with Crippen LogP contribution in [-0.4, -0.2) is 28.8 Å². The van der Waals surface area contributed by atoms with Gasteiger partial charge in [0.05, 0.1) is 26.0 Å². The zero-order chi connectivity index (χ0) is 19.5. The minimum absolute atomic E-state index is 0.140. The summed E-state index contributed by atoms with van der Waals surface area (Å²) in [5.41, 5.74) is 3.99. The summed E-state index contributed by atoms with van der Waals surface area (Å²) in [4.78, 5) is 4.56. The Bertz CT molecular complexity index is 1060. The van der Waals surface area contributed by atoms with Crippen LogP contribution in [0.3, 0.4) is 0 Å². The van der Waals surface area contributed by atoms with E-state index in [1.54, 1.807) is 20.4 Å². The molecule has 142 valence electrons. The average molecular weight is 374 g/mol. The van der Waals surface area contributed by atoms with Crippen LogP contribution in [0.1, 0.15) is 22.9 Å². The van der Waals surface area contributed by atoms with Gasteiger partial charge in [-0.05, 0) is 48.4 Å². The van der Waals surface area contributed by atoms with Crippen LogP contribution in [-0.2, 0) is 0 Å².